The molecule has 0 aromatic carbocycles. The van der Waals surface area contributed by atoms with Crippen LogP contribution >= 0.6 is 0 Å². The molecule has 0 aromatic rings. The number of carbonyl (C=O) groups is 1. The van der Waals surface area contributed by atoms with Gasteiger partial charge in [-0.05, 0) is 6.92 Å². The minimum atomic E-state index is -1.16. The molecule has 0 radical (unpaired) electrons. The highest BCUT2D eigenvalue weighted by Gasteiger charge is 1.98. The van der Waals surface area contributed by atoms with Crippen LogP contribution < -0.4 is 0 Å². The van der Waals surface area contributed by atoms with Gasteiger partial charge in [-0.15, -0.1) is 0 Å². The summed E-state index contributed by atoms with van der Waals surface area (Å²) in [6.07, 6.45) is 1.36. The van der Waals surface area contributed by atoms with E-state index in [0.717, 1.165) is 0 Å². The summed E-state index contributed by atoms with van der Waals surface area (Å²) in [5, 5.41) is 15.8. The summed E-state index contributed by atoms with van der Waals surface area (Å²) in [5.41, 5.74) is -0.187. The zero-order chi connectivity index (χ0) is 6.57. The van der Waals surface area contributed by atoms with Crippen LogP contribution in [-0.2, 0) is 4.79 Å². The normalized spacial score (nSPS) is 10.2. The number of hydrogen-bond donors (Lipinski definition) is 1. The van der Waals surface area contributed by atoms with Gasteiger partial charge >= 0.3 is 5.97 Å². The van der Waals surface area contributed by atoms with Crippen LogP contribution in [0.5, 0.6) is 0 Å². The Morgan fingerprint density at radius 3 is 2.50 bits per heavy atom. The predicted molar refractivity (Wildman–Crippen MR) is 26.4 cm³/mol. The van der Waals surface area contributed by atoms with Crippen LogP contribution in [0, 0.1) is 11.5 Å². The Kier molecular flexibility index (Phi) is 2.28. The third kappa shape index (κ3) is 1.92. The number of carboxylic acid groups (broad SMARTS) is 1. The van der Waals surface area contributed by atoms with Crippen molar-refractivity contribution in [2.24, 2.45) is 4.99 Å². The van der Waals surface area contributed by atoms with Gasteiger partial charge in [-0.3, -0.25) is 0 Å². The van der Waals surface area contributed by atoms with Gasteiger partial charge in [0.25, 0.3) is 0 Å². The molecule has 0 fully saturated rings. The number of rotatable bonds is 1. The predicted octanol–water partition coefficient (Wildman–Crippen LogP) is 0.0130. The summed E-state index contributed by atoms with van der Waals surface area (Å²) in [4.78, 5) is 12.8. The van der Waals surface area contributed by atoms with Crippen molar-refractivity contribution < 1.29 is 9.90 Å². The van der Waals surface area contributed by atoms with E-state index in [-0.39, 0.29) is 5.71 Å². The van der Waals surface area contributed by atoms with E-state index < -0.39 is 5.97 Å². The highest BCUT2D eigenvalue weighted by Crippen LogP contribution is 1.73. The first-order valence-electron chi connectivity index (χ1n) is 1.85. The van der Waals surface area contributed by atoms with Gasteiger partial charge in [-0.25, -0.2) is 4.79 Å². The maximum atomic E-state index is 9.81. The van der Waals surface area contributed by atoms with Gasteiger partial charge in [0.15, 0.2) is 0 Å². The van der Waals surface area contributed by atoms with E-state index in [1.54, 1.807) is 0 Å². The molecule has 0 saturated heterocycles. The quantitative estimate of drug-likeness (QED) is 0.383. The number of nitrogens with zero attached hydrogens (tertiary/aromatic N) is 2. The molecule has 42 valence electrons. The highest BCUT2D eigenvalue weighted by atomic mass is 16.4. The van der Waals surface area contributed by atoms with Crippen LogP contribution in [0.1, 0.15) is 6.92 Å². The Balaban J connectivity index is 4.06. The molecule has 4 heteroatoms. The van der Waals surface area contributed by atoms with Gasteiger partial charge < -0.3 is 5.11 Å². The molecule has 0 atom stereocenters. The lowest BCUT2D eigenvalue weighted by molar-refractivity contribution is -0.129. The van der Waals surface area contributed by atoms with Crippen molar-refractivity contribution in [2.75, 3.05) is 0 Å². The van der Waals surface area contributed by atoms with E-state index in [2.05, 4.69) is 4.99 Å². The molecule has 0 saturated carbocycles. The molecular weight excluding hydrogens is 108 g/mol. The van der Waals surface area contributed by atoms with Crippen LogP contribution in [-0.4, -0.2) is 16.8 Å². The molecule has 0 aliphatic carbocycles. The number of aliphatic imine (C=N–C) groups is 1. The third-order valence-corrected chi connectivity index (χ3v) is 0.527. The molecule has 0 unspecified atom stereocenters. The maximum Gasteiger partial charge on any atom is 0.350 e. The fourth-order valence-corrected chi connectivity index (χ4v) is 0.123. The molecule has 0 bridgehead atoms. The first kappa shape index (κ1) is 6.63. The van der Waals surface area contributed by atoms with Crippen molar-refractivity contribution >= 4 is 11.7 Å². The Hall–Kier alpha value is -1.37. The summed E-state index contributed by atoms with van der Waals surface area (Å²) >= 11 is 0. The maximum absolute atomic E-state index is 9.81. The highest BCUT2D eigenvalue weighted by molar-refractivity contribution is 6.34. The van der Waals surface area contributed by atoms with Crippen LogP contribution in [0.3, 0.4) is 0 Å². The molecule has 0 rings (SSSR count). The van der Waals surface area contributed by atoms with E-state index in [9.17, 15) is 4.79 Å². The van der Waals surface area contributed by atoms with E-state index in [1.165, 1.54) is 13.1 Å². The first-order valence-corrected chi connectivity index (χ1v) is 1.85. The minimum absolute atomic E-state index is 0.187. The molecule has 0 aliphatic rings. The van der Waals surface area contributed by atoms with Gasteiger partial charge in [0, 0.05) is 0 Å². The fraction of sp³-hybridized carbons (Fsp3) is 0.250. The number of hydrogen-bond acceptors (Lipinski definition) is 3. The summed E-state index contributed by atoms with van der Waals surface area (Å²) in [5.74, 6) is -1.16. The Morgan fingerprint density at radius 2 is 2.38 bits per heavy atom. The molecule has 4 nitrogen and oxygen atoms in total. The van der Waals surface area contributed by atoms with Crippen molar-refractivity contribution in [1.29, 1.82) is 5.26 Å². The van der Waals surface area contributed by atoms with E-state index >= 15 is 0 Å². The number of nitriles is 1. The second-order valence-corrected chi connectivity index (χ2v) is 1.10. The minimum Gasteiger partial charge on any atom is -0.477 e. The lowest BCUT2D eigenvalue weighted by Gasteiger charge is -1.81. The average Bonchev–Trinajstić information content (AvgIpc) is 1.67. The largest absolute Gasteiger partial charge is 0.477 e. The second-order valence-electron chi connectivity index (χ2n) is 1.10. The van der Waals surface area contributed by atoms with Crippen molar-refractivity contribution in [1.82, 2.24) is 0 Å². The summed E-state index contributed by atoms with van der Waals surface area (Å²) in [6, 6.07) is 0. The molecule has 0 amide bonds. The Labute approximate surface area is 46.1 Å². The molecule has 0 heterocycles. The van der Waals surface area contributed by atoms with Crippen molar-refractivity contribution in [3.63, 3.8) is 0 Å². The number of carboxylic acids is 1. The van der Waals surface area contributed by atoms with Gasteiger partial charge in [0.2, 0.25) is 6.19 Å². The van der Waals surface area contributed by atoms with Crippen LogP contribution in [0.2, 0.25) is 0 Å². The number of aliphatic carboxylic acids is 1. The molecule has 0 aromatic heterocycles. The van der Waals surface area contributed by atoms with E-state index in [1.807, 2.05) is 0 Å². The topological polar surface area (TPSA) is 73.5 Å². The molecule has 1 N–H and O–H groups in total. The summed E-state index contributed by atoms with van der Waals surface area (Å²) in [6.45, 7) is 1.26. The Morgan fingerprint density at radius 1 is 1.88 bits per heavy atom. The zero-order valence-electron chi connectivity index (χ0n) is 4.25. The van der Waals surface area contributed by atoms with Gasteiger partial charge in [0.05, 0.1) is 0 Å². The monoisotopic (exact) mass is 112 g/mol. The lowest BCUT2D eigenvalue weighted by Crippen LogP contribution is -2.06. The van der Waals surface area contributed by atoms with Crippen LogP contribution in [0.25, 0.3) is 0 Å². The van der Waals surface area contributed by atoms with Gasteiger partial charge in [-0.1, -0.05) is 0 Å². The van der Waals surface area contributed by atoms with Crippen molar-refractivity contribution in [2.45, 2.75) is 6.92 Å². The molecule has 8 heavy (non-hydrogen) atoms. The smallest absolute Gasteiger partial charge is 0.350 e. The van der Waals surface area contributed by atoms with Crippen LogP contribution in [0.4, 0.5) is 0 Å². The van der Waals surface area contributed by atoms with Crippen molar-refractivity contribution in [3.8, 4) is 6.19 Å². The van der Waals surface area contributed by atoms with E-state index in [0.29, 0.717) is 0 Å². The first-order chi connectivity index (χ1) is 3.68. The molecular formula is C4H4N2O2. The fourth-order valence-electron chi connectivity index (χ4n) is 0.123. The summed E-state index contributed by atoms with van der Waals surface area (Å²) in [7, 11) is 0. The zero-order valence-corrected chi connectivity index (χ0v) is 4.25. The van der Waals surface area contributed by atoms with Gasteiger partial charge in [-0.2, -0.15) is 10.3 Å². The van der Waals surface area contributed by atoms with E-state index in [4.69, 9.17) is 10.4 Å². The van der Waals surface area contributed by atoms with Gasteiger partial charge in [0.1, 0.15) is 5.71 Å². The molecule has 0 spiro atoms. The average molecular weight is 112 g/mol. The third-order valence-electron chi connectivity index (χ3n) is 0.527. The lowest BCUT2D eigenvalue weighted by atomic mass is 10.4. The molecule has 0 aliphatic heterocycles. The SMILES string of the molecule is CC(=NC#N)C(=O)O. The second kappa shape index (κ2) is 2.75. The standard InChI is InChI=1S/C4H4N2O2/c1-3(4(7)8)6-2-5/h1H3,(H,7,8). The Bertz CT molecular complexity index is 165. The summed E-state index contributed by atoms with van der Waals surface area (Å²) < 4.78 is 0. The van der Waals surface area contributed by atoms with Crippen LogP contribution in [0.15, 0.2) is 4.99 Å². The van der Waals surface area contributed by atoms with Crippen molar-refractivity contribution in [3.05, 3.63) is 0 Å².